The molecule has 2 aliphatic heterocycles. The summed E-state index contributed by atoms with van der Waals surface area (Å²) in [6.07, 6.45) is -0.211. The molecular formula is C18H19N3O6S. The number of amides is 2. The fraction of sp³-hybridized carbons (Fsp3) is 0.333. The summed E-state index contributed by atoms with van der Waals surface area (Å²) < 4.78 is 4.58. The number of hydrogen-bond donors (Lipinski definition) is 3. The molecule has 0 spiro atoms. The standard InChI is InChI=1S/C18H19N3O6S/c1-27-11(22)7-10-8-28-17-13(16(24)21(17)14(10)18(25)26)20-15(23)12(19)9-5-3-2-4-6-9/h2-6,12-13,17H,7-8,19H2,1H3,(H,20,23)(H,25,26)/t12-,13-,17-/m1/s1. The maximum absolute atomic E-state index is 12.5. The Hall–Kier alpha value is -2.85. The van der Waals surface area contributed by atoms with Crippen LogP contribution >= 0.6 is 11.8 Å². The van der Waals surface area contributed by atoms with E-state index in [-0.39, 0.29) is 17.9 Å². The number of carboxylic acid groups (broad SMARTS) is 1. The lowest BCUT2D eigenvalue weighted by atomic mass is 10.0. The minimum absolute atomic E-state index is 0.211. The number of nitrogens with one attached hydrogen (secondary N) is 1. The normalized spacial score (nSPS) is 22.1. The zero-order valence-corrected chi connectivity index (χ0v) is 15.8. The summed E-state index contributed by atoms with van der Waals surface area (Å²) in [5.41, 5.74) is 6.63. The predicted molar refractivity (Wildman–Crippen MR) is 99.7 cm³/mol. The molecule has 148 valence electrons. The minimum Gasteiger partial charge on any atom is -0.477 e. The molecule has 3 rings (SSSR count). The summed E-state index contributed by atoms with van der Waals surface area (Å²) >= 11 is 1.28. The van der Waals surface area contributed by atoms with Crippen LogP contribution in [0.15, 0.2) is 41.6 Å². The summed E-state index contributed by atoms with van der Waals surface area (Å²) in [6, 6.07) is 6.90. The Balaban J connectivity index is 1.74. The molecular weight excluding hydrogens is 386 g/mol. The molecule has 1 aromatic carbocycles. The van der Waals surface area contributed by atoms with Crippen molar-refractivity contribution in [2.24, 2.45) is 5.73 Å². The van der Waals surface area contributed by atoms with Gasteiger partial charge in [-0.05, 0) is 11.1 Å². The molecule has 2 heterocycles. The molecule has 28 heavy (non-hydrogen) atoms. The number of fused-ring (bicyclic) bond motifs is 1. The molecule has 0 bridgehead atoms. The molecule has 10 heteroatoms. The van der Waals surface area contributed by atoms with Crippen molar-refractivity contribution in [1.82, 2.24) is 10.2 Å². The summed E-state index contributed by atoms with van der Waals surface area (Å²) in [6.45, 7) is 0. The highest BCUT2D eigenvalue weighted by molar-refractivity contribution is 8.00. The molecule has 0 unspecified atom stereocenters. The van der Waals surface area contributed by atoms with E-state index in [0.717, 1.165) is 4.90 Å². The SMILES string of the molecule is COC(=O)CC1=C(C(=O)O)N2C(=O)[C@@H](NC(=O)[C@H](N)c3ccccc3)[C@H]2SC1. The van der Waals surface area contributed by atoms with Crippen molar-refractivity contribution in [2.45, 2.75) is 23.9 Å². The fourth-order valence-electron chi connectivity index (χ4n) is 3.12. The number of carbonyl (C=O) groups excluding carboxylic acids is 3. The van der Waals surface area contributed by atoms with Gasteiger partial charge in [0.15, 0.2) is 0 Å². The first kappa shape index (κ1) is 19.9. The van der Waals surface area contributed by atoms with Crippen molar-refractivity contribution in [3.8, 4) is 0 Å². The van der Waals surface area contributed by atoms with Crippen LogP contribution in [0.4, 0.5) is 0 Å². The van der Waals surface area contributed by atoms with Crippen LogP contribution < -0.4 is 11.1 Å². The Morgan fingerprint density at radius 2 is 2.04 bits per heavy atom. The zero-order valence-electron chi connectivity index (χ0n) is 15.0. The van der Waals surface area contributed by atoms with Gasteiger partial charge in [-0.1, -0.05) is 30.3 Å². The average Bonchev–Trinajstić information content (AvgIpc) is 2.71. The smallest absolute Gasteiger partial charge is 0.352 e. The molecule has 3 atom stereocenters. The topological polar surface area (TPSA) is 139 Å². The third-order valence-corrected chi connectivity index (χ3v) is 5.91. The lowest BCUT2D eigenvalue weighted by Crippen LogP contribution is -2.71. The second-order valence-corrected chi connectivity index (χ2v) is 7.40. The van der Waals surface area contributed by atoms with E-state index in [2.05, 4.69) is 10.1 Å². The number of rotatable bonds is 6. The van der Waals surface area contributed by atoms with Crippen molar-refractivity contribution in [1.29, 1.82) is 0 Å². The maximum Gasteiger partial charge on any atom is 0.352 e. The van der Waals surface area contributed by atoms with Crippen molar-refractivity contribution >= 4 is 35.5 Å². The number of hydrogen-bond acceptors (Lipinski definition) is 7. The lowest BCUT2D eigenvalue weighted by Gasteiger charge is -2.49. The lowest BCUT2D eigenvalue weighted by molar-refractivity contribution is -0.151. The minimum atomic E-state index is -1.30. The van der Waals surface area contributed by atoms with Gasteiger partial charge >= 0.3 is 11.9 Å². The summed E-state index contributed by atoms with van der Waals surface area (Å²) in [5.74, 6) is -2.72. The van der Waals surface area contributed by atoms with Gasteiger partial charge in [0.05, 0.1) is 13.5 Å². The first-order valence-corrected chi connectivity index (χ1v) is 9.47. The molecule has 0 radical (unpaired) electrons. The van der Waals surface area contributed by atoms with E-state index in [1.165, 1.54) is 18.9 Å². The van der Waals surface area contributed by atoms with Crippen molar-refractivity contribution in [3.05, 3.63) is 47.2 Å². The Bertz CT molecular complexity index is 856. The van der Waals surface area contributed by atoms with E-state index in [4.69, 9.17) is 5.73 Å². The quantitative estimate of drug-likeness (QED) is 0.444. The monoisotopic (exact) mass is 405 g/mol. The average molecular weight is 405 g/mol. The molecule has 1 aromatic rings. The molecule has 9 nitrogen and oxygen atoms in total. The van der Waals surface area contributed by atoms with Crippen LogP contribution in [0, 0.1) is 0 Å². The Morgan fingerprint density at radius 1 is 1.36 bits per heavy atom. The van der Waals surface area contributed by atoms with Gasteiger partial charge in [-0.2, -0.15) is 0 Å². The fourth-order valence-corrected chi connectivity index (χ4v) is 4.47. The van der Waals surface area contributed by atoms with Crippen LogP contribution in [0.25, 0.3) is 0 Å². The van der Waals surface area contributed by atoms with E-state index in [1.54, 1.807) is 30.3 Å². The van der Waals surface area contributed by atoms with E-state index < -0.39 is 41.2 Å². The molecule has 1 saturated heterocycles. The number of esters is 1. The van der Waals surface area contributed by atoms with Gasteiger partial charge in [-0.3, -0.25) is 19.3 Å². The van der Waals surface area contributed by atoms with Crippen LogP contribution in [-0.2, 0) is 23.9 Å². The van der Waals surface area contributed by atoms with Crippen molar-refractivity contribution in [3.63, 3.8) is 0 Å². The number of nitrogens with zero attached hydrogens (tertiary/aromatic N) is 1. The van der Waals surface area contributed by atoms with Gasteiger partial charge in [-0.15, -0.1) is 11.8 Å². The van der Waals surface area contributed by atoms with E-state index in [0.29, 0.717) is 11.1 Å². The number of β-lactam (4-membered cyclic amide) rings is 1. The number of carboxylic acids is 1. The van der Waals surface area contributed by atoms with Gasteiger partial charge in [-0.25, -0.2) is 4.79 Å². The number of ether oxygens (including phenoxy) is 1. The summed E-state index contributed by atoms with van der Waals surface area (Å²) in [7, 11) is 1.21. The van der Waals surface area contributed by atoms with Crippen molar-refractivity contribution < 1.29 is 29.0 Å². The first-order chi connectivity index (χ1) is 13.3. The van der Waals surface area contributed by atoms with Crippen LogP contribution in [0.2, 0.25) is 0 Å². The summed E-state index contributed by atoms with van der Waals surface area (Å²) in [5, 5.41) is 11.6. The largest absolute Gasteiger partial charge is 0.477 e. The van der Waals surface area contributed by atoms with Gasteiger partial charge in [0.25, 0.3) is 5.91 Å². The van der Waals surface area contributed by atoms with E-state index >= 15 is 0 Å². The van der Waals surface area contributed by atoms with Gasteiger partial charge in [0.2, 0.25) is 5.91 Å². The van der Waals surface area contributed by atoms with Crippen LogP contribution in [-0.4, -0.2) is 58.0 Å². The number of nitrogens with two attached hydrogens (primary N) is 1. The van der Waals surface area contributed by atoms with Crippen molar-refractivity contribution in [2.75, 3.05) is 12.9 Å². The highest BCUT2D eigenvalue weighted by atomic mass is 32.2. The highest BCUT2D eigenvalue weighted by Gasteiger charge is 2.54. The number of methoxy groups -OCH3 is 1. The predicted octanol–water partition coefficient (Wildman–Crippen LogP) is -0.0119. The third kappa shape index (κ3) is 3.60. The third-order valence-electron chi connectivity index (χ3n) is 4.57. The Morgan fingerprint density at radius 3 is 2.64 bits per heavy atom. The second-order valence-electron chi connectivity index (χ2n) is 6.29. The molecule has 2 aliphatic rings. The Kier molecular flexibility index (Phi) is 5.71. The number of thioether (sulfide) groups is 1. The first-order valence-electron chi connectivity index (χ1n) is 8.42. The highest BCUT2D eigenvalue weighted by Crippen LogP contribution is 2.41. The molecule has 0 saturated carbocycles. The molecule has 0 aliphatic carbocycles. The molecule has 1 fully saturated rings. The van der Waals surface area contributed by atoms with E-state index in [1.807, 2.05) is 0 Å². The molecule has 0 aromatic heterocycles. The maximum atomic E-state index is 12.5. The van der Waals surface area contributed by atoms with Crippen LogP contribution in [0.5, 0.6) is 0 Å². The van der Waals surface area contributed by atoms with E-state index in [9.17, 15) is 24.3 Å². The van der Waals surface area contributed by atoms with Gasteiger partial charge in [0.1, 0.15) is 23.2 Å². The summed E-state index contributed by atoms with van der Waals surface area (Å²) in [4.78, 5) is 49.3. The Labute approximate surface area is 164 Å². The number of carbonyl (C=O) groups is 4. The van der Waals surface area contributed by atoms with Gasteiger partial charge in [0, 0.05) is 5.75 Å². The zero-order chi connectivity index (χ0) is 20.4. The number of aliphatic carboxylic acids is 1. The molecule has 4 N–H and O–H groups in total. The molecule has 2 amide bonds. The van der Waals surface area contributed by atoms with Crippen LogP contribution in [0.1, 0.15) is 18.0 Å². The van der Waals surface area contributed by atoms with Crippen LogP contribution in [0.3, 0.4) is 0 Å². The van der Waals surface area contributed by atoms with Gasteiger partial charge < -0.3 is 20.9 Å². The second kappa shape index (κ2) is 8.03. The number of benzene rings is 1.